The van der Waals surface area contributed by atoms with E-state index in [4.69, 9.17) is 5.21 Å². The first-order valence-corrected chi connectivity index (χ1v) is 4.98. The summed E-state index contributed by atoms with van der Waals surface area (Å²) < 4.78 is 8.27. The third-order valence-corrected chi connectivity index (χ3v) is 2.55. The monoisotopic (exact) mass is 220 g/mol. The lowest BCUT2D eigenvalue weighted by atomic mass is 10.1. The maximum absolute atomic E-state index is 8.51. The van der Waals surface area contributed by atoms with Crippen molar-refractivity contribution in [2.24, 2.45) is 5.16 Å². The van der Waals surface area contributed by atoms with Crippen LogP contribution in [0.25, 0.3) is 11.3 Å². The summed E-state index contributed by atoms with van der Waals surface area (Å²) in [5.74, 6) is 0. The number of aromatic nitrogens is 3. The molecule has 1 N–H and O–H groups in total. The van der Waals surface area contributed by atoms with Crippen molar-refractivity contribution in [1.82, 2.24) is 13.7 Å². The highest BCUT2D eigenvalue weighted by Crippen LogP contribution is 2.22. The van der Waals surface area contributed by atoms with Gasteiger partial charge in [0.25, 0.3) is 0 Å². The van der Waals surface area contributed by atoms with E-state index in [0.717, 1.165) is 28.7 Å². The number of pyridine rings is 1. The van der Waals surface area contributed by atoms with Crippen molar-refractivity contribution in [1.29, 1.82) is 0 Å². The Morgan fingerprint density at radius 3 is 3.00 bits per heavy atom. The molecule has 0 aliphatic heterocycles. The summed E-state index contributed by atoms with van der Waals surface area (Å²) >= 11 is 1.15. The molecule has 0 aliphatic rings. The van der Waals surface area contributed by atoms with Crippen LogP contribution in [0.15, 0.2) is 23.5 Å². The summed E-state index contributed by atoms with van der Waals surface area (Å²) in [5, 5.41) is 11.5. The standard InChI is InChI=1S/C9H8N4OS/c1-6-9(13-15-12-6)7-3-2-4-10-8(7)5-11-14/h2-5,14H,1H3. The first-order valence-electron chi connectivity index (χ1n) is 4.25. The molecule has 76 valence electrons. The number of oxime groups is 1. The third kappa shape index (κ3) is 1.84. The molecular formula is C9H8N4OS. The Balaban J connectivity index is 2.57. The van der Waals surface area contributed by atoms with Gasteiger partial charge in [0.2, 0.25) is 0 Å². The number of hydrogen-bond acceptors (Lipinski definition) is 6. The summed E-state index contributed by atoms with van der Waals surface area (Å²) in [4.78, 5) is 4.09. The lowest BCUT2D eigenvalue weighted by molar-refractivity contribution is 0.321. The van der Waals surface area contributed by atoms with Crippen LogP contribution >= 0.6 is 11.7 Å². The Hall–Kier alpha value is -1.82. The van der Waals surface area contributed by atoms with Gasteiger partial charge in [-0.25, -0.2) is 0 Å². The quantitative estimate of drug-likeness (QED) is 0.475. The first-order chi connectivity index (χ1) is 7.33. The molecule has 0 bridgehead atoms. The van der Waals surface area contributed by atoms with Gasteiger partial charge in [-0.1, -0.05) is 5.16 Å². The largest absolute Gasteiger partial charge is 0.411 e. The highest BCUT2D eigenvalue weighted by atomic mass is 32.1. The van der Waals surface area contributed by atoms with Gasteiger partial charge in [-0.15, -0.1) is 0 Å². The van der Waals surface area contributed by atoms with Gasteiger partial charge >= 0.3 is 0 Å². The van der Waals surface area contributed by atoms with Crippen molar-refractivity contribution in [3.8, 4) is 11.3 Å². The topological polar surface area (TPSA) is 71.3 Å². The predicted octanol–water partition coefficient (Wildman–Crippen LogP) is 1.72. The van der Waals surface area contributed by atoms with Crippen LogP contribution in [0.1, 0.15) is 11.4 Å². The molecule has 0 radical (unpaired) electrons. The maximum Gasteiger partial charge on any atom is 0.109 e. The fourth-order valence-electron chi connectivity index (χ4n) is 1.25. The lowest BCUT2D eigenvalue weighted by Crippen LogP contribution is -1.93. The van der Waals surface area contributed by atoms with E-state index in [1.165, 1.54) is 6.21 Å². The summed E-state index contributed by atoms with van der Waals surface area (Å²) in [7, 11) is 0. The molecule has 2 rings (SSSR count). The maximum atomic E-state index is 8.51. The van der Waals surface area contributed by atoms with Gasteiger partial charge < -0.3 is 5.21 Å². The van der Waals surface area contributed by atoms with Gasteiger partial charge in [-0.2, -0.15) is 8.75 Å². The van der Waals surface area contributed by atoms with E-state index < -0.39 is 0 Å². The number of rotatable bonds is 2. The van der Waals surface area contributed by atoms with Gasteiger partial charge in [0, 0.05) is 11.8 Å². The Labute approximate surface area is 90.4 Å². The van der Waals surface area contributed by atoms with Crippen LogP contribution in [0.3, 0.4) is 0 Å². The zero-order valence-electron chi connectivity index (χ0n) is 7.95. The SMILES string of the molecule is Cc1nsnc1-c1cccnc1C=NO. The highest BCUT2D eigenvalue weighted by molar-refractivity contribution is 6.99. The summed E-state index contributed by atoms with van der Waals surface area (Å²) in [6.45, 7) is 1.88. The average Bonchev–Trinajstić information content (AvgIpc) is 2.66. The molecule has 2 aromatic rings. The van der Waals surface area contributed by atoms with Gasteiger partial charge in [0.1, 0.15) is 5.69 Å². The minimum Gasteiger partial charge on any atom is -0.411 e. The zero-order chi connectivity index (χ0) is 10.7. The Morgan fingerprint density at radius 1 is 1.47 bits per heavy atom. The molecule has 0 fully saturated rings. The van der Waals surface area contributed by atoms with Crippen molar-refractivity contribution in [3.05, 3.63) is 29.7 Å². The predicted molar refractivity (Wildman–Crippen MR) is 57.3 cm³/mol. The molecule has 5 nitrogen and oxygen atoms in total. The van der Waals surface area contributed by atoms with Gasteiger partial charge in [0.15, 0.2) is 0 Å². The molecule has 0 aliphatic carbocycles. The average molecular weight is 220 g/mol. The van der Waals surface area contributed by atoms with Crippen LogP contribution in [-0.2, 0) is 0 Å². The highest BCUT2D eigenvalue weighted by Gasteiger charge is 2.10. The third-order valence-electron chi connectivity index (χ3n) is 1.93. The molecule has 0 spiro atoms. The minimum absolute atomic E-state index is 0.579. The second-order valence-corrected chi connectivity index (χ2v) is 3.41. The molecule has 0 aromatic carbocycles. The fraction of sp³-hybridized carbons (Fsp3) is 0.111. The van der Waals surface area contributed by atoms with Crippen LogP contribution in [0.5, 0.6) is 0 Å². The Morgan fingerprint density at radius 2 is 2.33 bits per heavy atom. The van der Waals surface area contributed by atoms with Crippen LogP contribution in [0.2, 0.25) is 0 Å². The van der Waals surface area contributed by atoms with Crippen molar-refractivity contribution in [2.45, 2.75) is 6.92 Å². The summed E-state index contributed by atoms with van der Waals surface area (Å²) in [6, 6.07) is 3.68. The lowest BCUT2D eigenvalue weighted by Gasteiger charge is -2.00. The van der Waals surface area contributed by atoms with Gasteiger partial charge in [-0.3, -0.25) is 4.98 Å². The molecule has 0 amide bonds. The molecule has 0 saturated heterocycles. The summed E-state index contributed by atoms with van der Waals surface area (Å²) in [5.41, 5.74) is 3.03. The van der Waals surface area contributed by atoms with Crippen molar-refractivity contribution in [2.75, 3.05) is 0 Å². The van der Waals surface area contributed by atoms with Crippen molar-refractivity contribution < 1.29 is 5.21 Å². The smallest absolute Gasteiger partial charge is 0.109 e. The minimum atomic E-state index is 0.579. The first kappa shape index (κ1) is 9.72. The van der Waals surface area contributed by atoms with Crippen molar-refractivity contribution in [3.63, 3.8) is 0 Å². The molecule has 15 heavy (non-hydrogen) atoms. The van der Waals surface area contributed by atoms with E-state index in [1.54, 1.807) is 6.20 Å². The number of nitrogens with zero attached hydrogens (tertiary/aromatic N) is 4. The fourth-order valence-corrected chi connectivity index (χ4v) is 1.81. The molecular weight excluding hydrogens is 212 g/mol. The van der Waals surface area contributed by atoms with E-state index in [0.29, 0.717) is 5.69 Å². The number of hydrogen-bond donors (Lipinski definition) is 1. The van der Waals surface area contributed by atoms with E-state index in [9.17, 15) is 0 Å². The van der Waals surface area contributed by atoms with E-state index in [-0.39, 0.29) is 0 Å². The van der Waals surface area contributed by atoms with E-state index >= 15 is 0 Å². The van der Waals surface area contributed by atoms with Crippen LogP contribution in [-0.4, -0.2) is 25.2 Å². The second kappa shape index (κ2) is 4.14. The molecule has 2 aromatic heterocycles. The van der Waals surface area contributed by atoms with Crippen LogP contribution in [0.4, 0.5) is 0 Å². The van der Waals surface area contributed by atoms with E-state index in [2.05, 4.69) is 18.9 Å². The van der Waals surface area contributed by atoms with Crippen LogP contribution in [0, 0.1) is 6.92 Å². The Kier molecular flexibility index (Phi) is 2.68. The molecule has 0 unspecified atom stereocenters. The van der Waals surface area contributed by atoms with Gasteiger partial charge in [-0.05, 0) is 19.1 Å². The van der Waals surface area contributed by atoms with Gasteiger partial charge in [0.05, 0.1) is 29.3 Å². The molecule has 0 atom stereocenters. The van der Waals surface area contributed by atoms with Crippen molar-refractivity contribution >= 4 is 17.9 Å². The Bertz CT molecular complexity index is 494. The molecule has 6 heteroatoms. The van der Waals surface area contributed by atoms with E-state index in [1.807, 2.05) is 19.1 Å². The second-order valence-electron chi connectivity index (χ2n) is 2.88. The normalized spacial score (nSPS) is 11.0. The number of aryl methyl sites for hydroxylation is 1. The van der Waals surface area contributed by atoms with Crippen LogP contribution < -0.4 is 0 Å². The molecule has 0 saturated carbocycles. The zero-order valence-corrected chi connectivity index (χ0v) is 8.77. The summed E-state index contributed by atoms with van der Waals surface area (Å²) in [6.07, 6.45) is 2.92. The molecule has 2 heterocycles.